The van der Waals surface area contributed by atoms with Crippen LogP contribution >= 0.6 is 11.8 Å². The molecule has 126 valence electrons. The second-order valence-corrected chi connectivity index (χ2v) is 7.65. The first-order valence-electron chi connectivity index (χ1n) is 8.07. The highest BCUT2D eigenvalue weighted by molar-refractivity contribution is 7.99. The zero-order valence-corrected chi connectivity index (χ0v) is 15.0. The molecule has 2 rings (SSSR count). The maximum absolute atomic E-state index is 12.7. The summed E-state index contributed by atoms with van der Waals surface area (Å²) in [7, 11) is 0. The van der Waals surface area contributed by atoms with Gasteiger partial charge < -0.3 is 9.64 Å². The number of hydrogen-bond donors (Lipinski definition) is 0. The minimum atomic E-state index is -0.501. The molecular formula is C18H25NO3S. The lowest BCUT2D eigenvalue weighted by atomic mass is 10.1. The predicted octanol–water partition coefficient (Wildman–Crippen LogP) is 3.48. The molecule has 0 radical (unpaired) electrons. The predicted molar refractivity (Wildman–Crippen MR) is 92.9 cm³/mol. The number of amides is 1. The Bertz CT molecular complexity index is 544. The Morgan fingerprint density at radius 2 is 1.87 bits per heavy atom. The van der Waals surface area contributed by atoms with Crippen molar-refractivity contribution in [3.63, 3.8) is 0 Å². The van der Waals surface area contributed by atoms with Crippen LogP contribution < -0.4 is 0 Å². The van der Waals surface area contributed by atoms with Crippen molar-refractivity contribution in [3.05, 3.63) is 35.9 Å². The first kappa shape index (κ1) is 17.9. The van der Waals surface area contributed by atoms with Crippen LogP contribution in [0, 0.1) is 11.8 Å². The van der Waals surface area contributed by atoms with E-state index in [4.69, 9.17) is 4.74 Å². The maximum atomic E-state index is 12.7. The Labute approximate surface area is 142 Å². The van der Waals surface area contributed by atoms with Crippen molar-refractivity contribution in [1.82, 2.24) is 4.90 Å². The second-order valence-electron chi connectivity index (χ2n) is 6.54. The molecule has 1 fully saturated rings. The lowest BCUT2D eigenvalue weighted by Crippen LogP contribution is -2.45. The molecule has 0 unspecified atom stereocenters. The summed E-state index contributed by atoms with van der Waals surface area (Å²) >= 11 is 1.62. The van der Waals surface area contributed by atoms with Gasteiger partial charge in [0.2, 0.25) is 5.91 Å². The highest BCUT2D eigenvalue weighted by Crippen LogP contribution is 2.42. The van der Waals surface area contributed by atoms with Crippen LogP contribution in [-0.2, 0) is 14.3 Å². The molecule has 0 spiro atoms. The van der Waals surface area contributed by atoms with Gasteiger partial charge in [-0.05, 0) is 11.5 Å². The molecule has 4 nitrogen and oxygen atoms in total. The number of rotatable bonds is 5. The van der Waals surface area contributed by atoms with Crippen LogP contribution in [0.2, 0.25) is 0 Å². The van der Waals surface area contributed by atoms with Gasteiger partial charge in [-0.2, -0.15) is 0 Å². The van der Waals surface area contributed by atoms with Gasteiger partial charge >= 0.3 is 5.97 Å². The van der Waals surface area contributed by atoms with E-state index in [2.05, 4.69) is 0 Å². The van der Waals surface area contributed by atoms with Gasteiger partial charge in [0.1, 0.15) is 11.4 Å². The Morgan fingerprint density at radius 3 is 2.43 bits per heavy atom. The monoisotopic (exact) mass is 335 g/mol. The number of nitrogens with zero attached hydrogens (tertiary/aromatic N) is 1. The number of ether oxygens (including phenoxy) is 1. The molecule has 1 heterocycles. The first-order valence-corrected chi connectivity index (χ1v) is 9.12. The molecule has 0 aromatic heterocycles. The summed E-state index contributed by atoms with van der Waals surface area (Å²) in [6.45, 7) is 8.12. The van der Waals surface area contributed by atoms with Gasteiger partial charge in [-0.1, -0.05) is 58.0 Å². The standard InChI is InChI=1S/C18H25NO3S/c1-12(2)10-22-18(21)15-11-23-17(14-8-6-5-7-9-14)19(15)16(20)13(3)4/h5-9,12-13,15,17H,10-11H2,1-4H3/t15-,17+/m0/s1. The highest BCUT2D eigenvalue weighted by atomic mass is 32.2. The van der Waals surface area contributed by atoms with Gasteiger partial charge in [-0.25, -0.2) is 4.79 Å². The fourth-order valence-electron chi connectivity index (χ4n) is 2.47. The molecule has 1 aromatic carbocycles. The van der Waals surface area contributed by atoms with Crippen LogP contribution in [0.1, 0.15) is 38.6 Å². The number of esters is 1. The summed E-state index contributed by atoms with van der Waals surface area (Å²) in [5.74, 6) is 0.413. The number of hydrogen-bond acceptors (Lipinski definition) is 4. The topological polar surface area (TPSA) is 46.6 Å². The third-order valence-corrected chi connectivity index (χ3v) is 4.99. The van der Waals surface area contributed by atoms with Gasteiger partial charge in [-0.3, -0.25) is 4.79 Å². The average molecular weight is 335 g/mol. The summed E-state index contributed by atoms with van der Waals surface area (Å²) in [5, 5.41) is -0.123. The Kier molecular flexibility index (Phi) is 6.10. The van der Waals surface area contributed by atoms with E-state index >= 15 is 0 Å². The number of carbonyl (C=O) groups excluding carboxylic acids is 2. The summed E-state index contributed by atoms with van der Waals surface area (Å²) in [6.07, 6.45) is 0. The molecule has 2 atom stereocenters. The van der Waals surface area contributed by atoms with Gasteiger partial charge in [0.15, 0.2) is 0 Å². The fourth-order valence-corrected chi connectivity index (χ4v) is 3.90. The van der Waals surface area contributed by atoms with Crippen LogP contribution in [-0.4, -0.2) is 35.2 Å². The van der Waals surface area contributed by atoms with Crippen LogP contribution in [0.15, 0.2) is 30.3 Å². The second kappa shape index (κ2) is 7.86. The lowest BCUT2D eigenvalue weighted by molar-refractivity contribution is -0.156. The van der Waals surface area contributed by atoms with E-state index in [0.717, 1.165) is 5.56 Å². The molecule has 0 saturated carbocycles. The zero-order valence-electron chi connectivity index (χ0n) is 14.2. The largest absolute Gasteiger partial charge is 0.464 e. The SMILES string of the molecule is CC(C)COC(=O)[C@@H]1CS[C@H](c2ccccc2)N1C(=O)C(C)C. The van der Waals surface area contributed by atoms with Gasteiger partial charge in [0.05, 0.1) is 6.61 Å². The Balaban J connectivity index is 2.22. The van der Waals surface area contributed by atoms with Crippen molar-refractivity contribution in [2.24, 2.45) is 11.8 Å². The van der Waals surface area contributed by atoms with E-state index in [0.29, 0.717) is 12.4 Å². The van der Waals surface area contributed by atoms with Crippen LogP contribution in [0.25, 0.3) is 0 Å². The number of carbonyl (C=O) groups is 2. The van der Waals surface area contributed by atoms with Crippen LogP contribution in [0.3, 0.4) is 0 Å². The van der Waals surface area contributed by atoms with Gasteiger partial charge in [-0.15, -0.1) is 11.8 Å². The summed E-state index contributed by atoms with van der Waals surface area (Å²) in [6, 6.07) is 9.36. The van der Waals surface area contributed by atoms with Crippen molar-refractivity contribution in [1.29, 1.82) is 0 Å². The first-order chi connectivity index (χ1) is 10.9. The zero-order chi connectivity index (χ0) is 17.0. The van der Waals surface area contributed by atoms with E-state index < -0.39 is 6.04 Å². The normalized spacial score (nSPS) is 21.0. The molecule has 1 amide bonds. The van der Waals surface area contributed by atoms with Gasteiger partial charge in [0, 0.05) is 11.7 Å². The van der Waals surface area contributed by atoms with Crippen molar-refractivity contribution in [3.8, 4) is 0 Å². The molecule has 1 aliphatic rings. The molecular weight excluding hydrogens is 310 g/mol. The molecule has 0 bridgehead atoms. The summed E-state index contributed by atoms with van der Waals surface area (Å²) in [5.41, 5.74) is 1.05. The van der Waals surface area contributed by atoms with Crippen molar-refractivity contribution in [2.75, 3.05) is 12.4 Å². The molecule has 5 heteroatoms. The highest BCUT2D eigenvalue weighted by Gasteiger charge is 2.43. The van der Waals surface area contributed by atoms with E-state index in [1.807, 2.05) is 58.0 Å². The number of benzene rings is 1. The van der Waals surface area contributed by atoms with Crippen LogP contribution in [0.4, 0.5) is 0 Å². The van der Waals surface area contributed by atoms with E-state index in [1.54, 1.807) is 16.7 Å². The lowest BCUT2D eigenvalue weighted by Gasteiger charge is -2.30. The molecule has 1 aromatic rings. The molecule has 23 heavy (non-hydrogen) atoms. The average Bonchev–Trinajstić information content (AvgIpc) is 2.97. The number of thioether (sulfide) groups is 1. The minimum Gasteiger partial charge on any atom is -0.464 e. The maximum Gasteiger partial charge on any atom is 0.329 e. The molecule has 1 aliphatic heterocycles. The van der Waals surface area contributed by atoms with E-state index in [-0.39, 0.29) is 29.1 Å². The smallest absolute Gasteiger partial charge is 0.329 e. The quantitative estimate of drug-likeness (QED) is 0.773. The Hall–Kier alpha value is -1.49. The molecule has 0 N–H and O–H groups in total. The molecule has 1 saturated heterocycles. The minimum absolute atomic E-state index is 0.00431. The third-order valence-electron chi connectivity index (χ3n) is 3.66. The van der Waals surface area contributed by atoms with Crippen molar-refractivity contribution >= 4 is 23.6 Å². The third kappa shape index (κ3) is 4.28. The van der Waals surface area contributed by atoms with E-state index in [9.17, 15) is 9.59 Å². The summed E-state index contributed by atoms with van der Waals surface area (Å²) in [4.78, 5) is 26.8. The fraction of sp³-hybridized carbons (Fsp3) is 0.556. The van der Waals surface area contributed by atoms with Crippen molar-refractivity contribution < 1.29 is 14.3 Å². The molecule has 0 aliphatic carbocycles. The Morgan fingerprint density at radius 1 is 1.22 bits per heavy atom. The van der Waals surface area contributed by atoms with Crippen LogP contribution in [0.5, 0.6) is 0 Å². The van der Waals surface area contributed by atoms with E-state index in [1.165, 1.54) is 0 Å². The van der Waals surface area contributed by atoms with Gasteiger partial charge in [0.25, 0.3) is 0 Å². The van der Waals surface area contributed by atoms with Crippen molar-refractivity contribution in [2.45, 2.75) is 39.1 Å². The summed E-state index contributed by atoms with van der Waals surface area (Å²) < 4.78 is 5.39.